The van der Waals surface area contributed by atoms with Gasteiger partial charge in [0.25, 0.3) is 0 Å². The maximum atomic E-state index is 13.3. The van der Waals surface area contributed by atoms with Crippen LogP contribution in [-0.2, 0) is 28.5 Å². The molecule has 8 nitrogen and oxygen atoms in total. The molecule has 2 fully saturated rings. The van der Waals surface area contributed by atoms with E-state index in [4.69, 9.17) is 18.9 Å². The number of carbonyl (C=O) groups is 2. The minimum absolute atomic E-state index is 0.334. The number of hydrogen-bond donors (Lipinski definition) is 0. The van der Waals surface area contributed by atoms with Crippen molar-refractivity contribution >= 4 is 11.9 Å². The zero-order chi connectivity index (χ0) is 39.7. The Bertz CT molecular complexity index is 954. The van der Waals surface area contributed by atoms with Gasteiger partial charge in [0.1, 0.15) is 0 Å². The van der Waals surface area contributed by atoms with E-state index in [2.05, 4.69) is 42.8 Å². The van der Waals surface area contributed by atoms with Crippen molar-refractivity contribution in [3.63, 3.8) is 0 Å². The number of esters is 2. The first-order valence-electron chi connectivity index (χ1n) is 23.6. The fraction of sp³-hybridized carbons (Fsp3) is 0.915. The molecule has 3 atom stereocenters. The Balaban J connectivity index is 1.65. The second-order valence-corrected chi connectivity index (χ2v) is 17.0. The molecule has 0 aliphatic carbocycles. The molecule has 8 heteroatoms. The maximum absolute atomic E-state index is 13.3. The fourth-order valence-electron chi connectivity index (χ4n) is 7.82. The number of allylic oxidation sites excluding steroid dienone is 2. The van der Waals surface area contributed by atoms with E-state index in [1.165, 1.54) is 135 Å². The van der Waals surface area contributed by atoms with Crippen LogP contribution in [0.4, 0.5) is 0 Å². The highest BCUT2D eigenvalue weighted by Gasteiger charge is 2.52. The lowest BCUT2D eigenvalue weighted by Crippen LogP contribution is -2.45. The molecule has 55 heavy (non-hydrogen) atoms. The summed E-state index contributed by atoms with van der Waals surface area (Å²) in [7, 11) is 2.16. The van der Waals surface area contributed by atoms with Gasteiger partial charge in [0.2, 0.25) is 0 Å². The number of ether oxygens (including phenoxy) is 4. The van der Waals surface area contributed by atoms with Crippen molar-refractivity contribution in [3.8, 4) is 0 Å². The van der Waals surface area contributed by atoms with E-state index in [-0.39, 0.29) is 0 Å². The van der Waals surface area contributed by atoms with Gasteiger partial charge in [-0.3, -0.25) is 0 Å². The van der Waals surface area contributed by atoms with Crippen molar-refractivity contribution in [1.29, 1.82) is 0 Å². The number of piperazine rings is 1. The third kappa shape index (κ3) is 25.5. The number of hydrogen-bond acceptors (Lipinski definition) is 8. The minimum Gasteiger partial charge on any atom is -0.464 e. The monoisotopic (exact) mass is 777 g/mol. The average molecular weight is 777 g/mol. The van der Waals surface area contributed by atoms with Crippen LogP contribution in [0.1, 0.15) is 207 Å². The summed E-state index contributed by atoms with van der Waals surface area (Å²) in [5.41, 5.74) is 0. The van der Waals surface area contributed by atoms with E-state index in [1.807, 2.05) is 6.92 Å². The fourth-order valence-corrected chi connectivity index (χ4v) is 7.82. The van der Waals surface area contributed by atoms with Gasteiger partial charge in [-0.1, -0.05) is 161 Å². The Labute approximate surface area is 339 Å². The molecule has 0 aromatic carbocycles. The summed E-state index contributed by atoms with van der Waals surface area (Å²) < 4.78 is 23.8. The SMILES string of the molecule is CCCCCCCC/C=C\CCCCCCCCOC(=O)C1OC(C)(CCCN2CCN(C)CC2)OC1C(=O)OCCCCCCCCCCCCCCC. The quantitative estimate of drug-likeness (QED) is 0.0354. The molecule has 0 saturated carbocycles. The van der Waals surface area contributed by atoms with E-state index in [0.717, 1.165) is 77.7 Å². The van der Waals surface area contributed by atoms with E-state index in [1.54, 1.807) is 0 Å². The topological polar surface area (TPSA) is 77.5 Å². The smallest absolute Gasteiger partial charge is 0.338 e. The molecule has 3 unspecified atom stereocenters. The Morgan fingerprint density at radius 3 is 1.31 bits per heavy atom. The molecule has 2 aliphatic rings. The number of unbranched alkanes of at least 4 members (excludes halogenated alkanes) is 24. The first-order chi connectivity index (χ1) is 26.9. The molecule has 0 aromatic rings. The zero-order valence-corrected chi connectivity index (χ0v) is 36.6. The molecule has 0 N–H and O–H groups in total. The average Bonchev–Trinajstić information content (AvgIpc) is 3.54. The standard InChI is InChI=1S/C47H88N2O6/c1-5-7-9-11-13-15-17-19-20-21-23-25-27-29-31-33-42-53-46(51)44-43(54-47(3,55-44)35-34-36-49-39-37-48(4)38-40-49)45(50)52-41-32-30-28-26-24-22-18-16-14-12-10-8-6-2/h19-20,43-44H,5-18,21-42H2,1-4H3/b20-19-. The van der Waals surface area contributed by atoms with Gasteiger partial charge in [0.05, 0.1) is 13.2 Å². The van der Waals surface area contributed by atoms with E-state index >= 15 is 0 Å². The van der Waals surface area contributed by atoms with Crippen LogP contribution in [0.25, 0.3) is 0 Å². The van der Waals surface area contributed by atoms with Gasteiger partial charge in [0.15, 0.2) is 18.0 Å². The van der Waals surface area contributed by atoms with E-state index in [9.17, 15) is 9.59 Å². The van der Waals surface area contributed by atoms with Gasteiger partial charge in [-0.25, -0.2) is 9.59 Å². The number of carbonyl (C=O) groups excluding carboxylic acids is 2. The molecule has 0 radical (unpaired) electrons. The van der Waals surface area contributed by atoms with Crippen LogP contribution in [0.2, 0.25) is 0 Å². The molecule has 2 aliphatic heterocycles. The van der Waals surface area contributed by atoms with Crippen LogP contribution < -0.4 is 0 Å². The van der Waals surface area contributed by atoms with Gasteiger partial charge < -0.3 is 28.7 Å². The molecule has 2 heterocycles. The highest BCUT2D eigenvalue weighted by atomic mass is 16.8. The molecular formula is C47H88N2O6. The molecular weight excluding hydrogens is 689 g/mol. The highest BCUT2D eigenvalue weighted by molar-refractivity contribution is 5.86. The first kappa shape index (κ1) is 49.7. The van der Waals surface area contributed by atoms with Crippen molar-refractivity contribution in [1.82, 2.24) is 9.80 Å². The number of rotatable bonds is 36. The molecule has 0 amide bonds. The summed E-state index contributed by atoms with van der Waals surface area (Å²) in [5.74, 6) is -2.06. The Morgan fingerprint density at radius 1 is 0.545 bits per heavy atom. The van der Waals surface area contributed by atoms with Gasteiger partial charge >= 0.3 is 11.9 Å². The van der Waals surface area contributed by atoms with E-state index < -0.39 is 29.9 Å². The maximum Gasteiger partial charge on any atom is 0.338 e. The van der Waals surface area contributed by atoms with Crippen LogP contribution >= 0.6 is 0 Å². The molecule has 0 aromatic heterocycles. The van der Waals surface area contributed by atoms with Gasteiger partial charge in [0, 0.05) is 32.6 Å². The van der Waals surface area contributed by atoms with Crippen molar-refractivity contribution in [3.05, 3.63) is 12.2 Å². The summed E-state index contributed by atoms with van der Waals surface area (Å²) >= 11 is 0. The summed E-state index contributed by atoms with van der Waals surface area (Å²) in [5, 5.41) is 0. The highest BCUT2D eigenvalue weighted by Crippen LogP contribution is 2.34. The predicted molar refractivity (Wildman–Crippen MR) is 228 cm³/mol. The second-order valence-electron chi connectivity index (χ2n) is 17.0. The van der Waals surface area contributed by atoms with Crippen LogP contribution in [0.15, 0.2) is 12.2 Å². The van der Waals surface area contributed by atoms with Gasteiger partial charge in [-0.05, 0) is 65.5 Å². The minimum atomic E-state index is -1.10. The van der Waals surface area contributed by atoms with Crippen molar-refractivity contribution < 1.29 is 28.5 Å². The number of likely N-dealkylation sites (N-methyl/N-ethyl adjacent to an activating group) is 1. The third-order valence-corrected chi connectivity index (χ3v) is 11.6. The number of nitrogens with zero attached hydrogens (tertiary/aromatic N) is 2. The summed E-state index contributed by atoms with van der Waals surface area (Å²) in [6, 6.07) is 0. The van der Waals surface area contributed by atoms with Crippen LogP contribution in [-0.4, -0.2) is 92.7 Å². The van der Waals surface area contributed by atoms with Crippen molar-refractivity contribution in [2.45, 2.75) is 225 Å². The van der Waals surface area contributed by atoms with Crippen LogP contribution in [0, 0.1) is 0 Å². The Morgan fingerprint density at radius 2 is 0.909 bits per heavy atom. The third-order valence-electron chi connectivity index (χ3n) is 11.6. The molecule has 0 spiro atoms. The summed E-state index contributed by atoms with van der Waals surface area (Å²) in [4.78, 5) is 31.4. The zero-order valence-electron chi connectivity index (χ0n) is 36.6. The van der Waals surface area contributed by atoms with Gasteiger partial charge in [-0.15, -0.1) is 0 Å². The van der Waals surface area contributed by atoms with Crippen molar-refractivity contribution in [2.75, 3.05) is 53.0 Å². The van der Waals surface area contributed by atoms with Crippen LogP contribution in [0.3, 0.4) is 0 Å². The molecule has 0 bridgehead atoms. The molecule has 322 valence electrons. The predicted octanol–water partition coefficient (Wildman–Crippen LogP) is 11.7. The molecule has 2 rings (SSSR count). The second kappa shape index (κ2) is 33.5. The lowest BCUT2D eigenvalue weighted by atomic mass is 10.0. The molecule has 2 saturated heterocycles. The lowest BCUT2D eigenvalue weighted by molar-refractivity contribution is -0.184. The van der Waals surface area contributed by atoms with E-state index in [0.29, 0.717) is 19.6 Å². The van der Waals surface area contributed by atoms with Crippen LogP contribution in [0.5, 0.6) is 0 Å². The lowest BCUT2D eigenvalue weighted by Gasteiger charge is -2.33. The first-order valence-corrected chi connectivity index (χ1v) is 23.6. The largest absolute Gasteiger partial charge is 0.464 e. The summed E-state index contributed by atoms with van der Waals surface area (Å²) in [6.07, 6.45) is 37.7. The Kier molecular flexibility index (Phi) is 30.2. The van der Waals surface area contributed by atoms with Gasteiger partial charge in [-0.2, -0.15) is 0 Å². The normalized spacial score (nSPS) is 20.8. The Hall–Kier alpha value is -1.48. The van der Waals surface area contributed by atoms with Crippen molar-refractivity contribution in [2.24, 2.45) is 0 Å². The summed E-state index contributed by atoms with van der Waals surface area (Å²) in [6.45, 7) is 12.2.